The molecule has 0 saturated heterocycles. The number of hydrogen-bond acceptors (Lipinski definition) is 6. The van der Waals surface area contributed by atoms with Crippen LogP contribution in [-0.2, 0) is 29.3 Å². The first-order valence-corrected chi connectivity index (χ1v) is 9.24. The van der Waals surface area contributed by atoms with Crippen LogP contribution < -0.4 is 5.56 Å². The van der Waals surface area contributed by atoms with Crippen LogP contribution >= 0.6 is 11.6 Å². The average Bonchev–Trinajstić information content (AvgIpc) is 2.49. The van der Waals surface area contributed by atoms with Gasteiger partial charge < -0.3 is 0 Å². The SMILES string of the molecule is CS(=O)(=O)c1nc2c(c(=O)[nH]1)CN(Cc1ccncc1Cl)CC2. The third-order valence-corrected chi connectivity index (χ3v) is 4.96. The number of sulfone groups is 1. The molecule has 3 rings (SSSR count). The third-order valence-electron chi connectivity index (χ3n) is 3.73. The van der Waals surface area contributed by atoms with Crippen LogP contribution in [0.3, 0.4) is 0 Å². The van der Waals surface area contributed by atoms with E-state index >= 15 is 0 Å². The number of halogens is 1. The van der Waals surface area contributed by atoms with E-state index < -0.39 is 15.4 Å². The minimum absolute atomic E-state index is 0.271. The van der Waals surface area contributed by atoms with Crippen LogP contribution in [0.15, 0.2) is 28.4 Å². The highest BCUT2D eigenvalue weighted by molar-refractivity contribution is 7.90. The largest absolute Gasteiger partial charge is 0.297 e. The maximum atomic E-state index is 12.2. The van der Waals surface area contributed by atoms with E-state index in [1.165, 1.54) is 0 Å². The third kappa shape index (κ3) is 3.44. The highest BCUT2D eigenvalue weighted by atomic mass is 35.5. The second-order valence-corrected chi connectivity index (χ2v) is 7.83. The first-order chi connectivity index (χ1) is 10.8. The number of nitrogens with zero attached hydrogens (tertiary/aromatic N) is 3. The van der Waals surface area contributed by atoms with Gasteiger partial charge in [0.1, 0.15) is 0 Å². The lowest BCUT2D eigenvalue weighted by atomic mass is 10.1. The molecule has 0 amide bonds. The van der Waals surface area contributed by atoms with Crippen LogP contribution in [0.1, 0.15) is 16.8 Å². The number of aromatic nitrogens is 3. The van der Waals surface area contributed by atoms with Crippen molar-refractivity contribution in [1.29, 1.82) is 0 Å². The van der Waals surface area contributed by atoms with E-state index in [4.69, 9.17) is 11.6 Å². The summed E-state index contributed by atoms with van der Waals surface area (Å²) in [6.45, 7) is 1.67. The maximum absolute atomic E-state index is 12.2. The summed E-state index contributed by atoms with van der Waals surface area (Å²) >= 11 is 6.11. The van der Waals surface area contributed by atoms with E-state index in [0.717, 1.165) is 11.8 Å². The van der Waals surface area contributed by atoms with Crippen molar-refractivity contribution in [2.45, 2.75) is 24.7 Å². The quantitative estimate of drug-likeness (QED) is 0.818. The van der Waals surface area contributed by atoms with Gasteiger partial charge in [0.15, 0.2) is 0 Å². The molecule has 1 aliphatic rings. The summed E-state index contributed by atoms with van der Waals surface area (Å²) in [6, 6.07) is 1.84. The van der Waals surface area contributed by atoms with Gasteiger partial charge in [-0.15, -0.1) is 0 Å². The molecule has 0 spiro atoms. The molecule has 7 nitrogen and oxygen atoms in total. The number of aromatic amines is 1. The van der Waals surface area contributed by atoms with Crippen molar-refractivity contribution in [3.8, 4) is 0 Å². The molecule has 1 aliphatic heterocycles. The second kappa shape index (κ2) is 6.03. The predicted octanol–water partition coefficient (Wildman–Crippen LogP) is 0.780. The molecule has 0 unspecified atom stereocenters. The lowest BCUT2D eigenvalue weighted by Crippen LogP contribution is -2.36. The van der Waals surface area contributed by atoms with Gasteiger partial charge in [-0.1, -0.05) is 11.6 Å². The Morgan fingerprint density at radius 2 is 2.22 bits per heavy atom. The van der Waals surface area contributed by atoms with Crippen molar-refractivity contribution >= 4 is 21.4 Å². The highest BCUT2D eigenvalue weighted by Gasteiger charge is 2.23. The molecular weight excluding hydrogens is 340 g/mol. The van der Waals surface area contributed by atoms with Gasteiger partial charge in [0.05, 0.1) is 16.3 Å². The Labute approximate surface area is 138 Å². The molecular formula is C14H15ClN4O3S. The molecule has 0 saturated carbocycles. The Hall–Kier alpha value is -1.77. The molecule has 2 aromatic rings. The molecule has 23 heavy (non-hydrogen) atoms. The molecule has 9 heteroatoms. The van der Waals surface area contributed by atoms with E-state index in [0.29, 0.717) is 42.3 Å². The van der Waals surface area contributed by atoms with Crippen LogP contribution in [0.25, 0.3) is 0 Å². The summed E-state index contributed by atoms with van der Waals surface area (Å²) < 4.78 is 23.1. The number of nitrogens with one attached hydrogen (secondary N) is 1. The Bertz CT molecular complexity index is 910. The molecule has 0 aromatic carbocycles. The summed E-state index contributed by atoms with van der Waals surface area (Å²) in [7, 11) is -3.53. The first-order valence-electron chi connectivity index (χ1n) is 6.97. The normalized spacial score (nSPS) is 15.4. The van der Waals surface area contributed by atoms with Crippen molar-refractivity contribution < 1.29 is 8.42 Å². The van der Waals surface area contributed by atoms with Crippen molar-refractivity contribution in [2.75, 3.05) is 12.8 Å². The van der Waals surface area contributed by atoms with Crippen LogP contribution in [0.5, 0.6) is 0 Å². The Balaban J connectivity index is 1.87. The number of rotatable bonds is 3. The summed E-state index contributed by atoms with van der Waals surface area (Å²) in [5.41, 5.74) is 1.59. The molecule has 0 atom stereocenters. The number of H-pyrrole nitrogens is 1. The summed E-state index contributed by atoms with van der Waals surface area (Å²) in [5.74, 6) is 0. The smallest absolute Gasteiger partial charge is 0.256 e. The second-order valence-electron chi connectivity index (χ2n) is 5.50. The number of fused-ring (bicyclic) bond motifs is 1. The fourth-order valence-corrected chi connectivity index (χ4v) is 3.28. The standard InChI is InChI=1S/C14H15ClN4O3S/c1-23(21,22)14-17-12-3-5-19(8-10(12)13(20)18-14)7-9-2-4-16-6-11(9)15/h2,4,6H,3,5,7-8H2,1H3,(H,17,18,20). The molecule has 1 N–H and O–H groups in total. The summed E-state index contributed by atoms with van der Waals surface area (Å²) in [4.78, 5) is 24.6. The fraction of sp³-hybridized carbons (Fsp3) is 0.357. The Kier molecular flexibility index (Phi) is 4.22. The minimum Gasteiger partial charge on any atom is -0.297 e. The van der Waals surface area contributed by atoms with Crippen molar-refractivity contribution in [3.63, 3.8) is 0 Å². The molecule has 0 fully saturated rings. The predicted molar refractivity (Wildman–Crippen MR) is 85.0 cm³/mol. The monoisotopic (exact) mass is 354 g/mol. The van der Waals surface area contributed by atoms with Gasteiger partial charge in [-0.05, 0) is 11.6 Å². The maximum Gasteiger partial charge on any atom is 0.256 e. The summed E-state index contributed by atoms with van der Waals surface area (Å²) in [5, 5.41) is 0.310. The lowest BCUT2D eigenvalue weighted by Gasteiger charge is -2.27. The van der Waals surface area contributed by atoms with Gasteiger partial charge in [0, 0.05) is 44.7 Å². The van der Waals surface area contributed by atoms with Crippen molar-refractivity contribution in [1.82, 2.24) is 19.9 Å². The van der Waals surface area contributed by atoms with E-state index in [1.807, 2.05) is 6.07 Å². The van der Waals surface area contributed by atoms with E-state index in [9.17, 15) is 13.2 Å². The Morgan fingerprint density at radius 3 is 2.91 bits per heavy atom. The minimum atomic E-state index is -3.53. The lowest BCUT2D eigenvalue weighted by molar-refractivity contribution is 0.241. The zero-order valence-corrected chi connectivity index (χ0v) is 14.0. The molecule has 3 heterocycles. The van der Waals surface area contributed by atoms with Gasteiger partial charge in [-0.25, -0.2) is 13.4 Å². The molecule has 0 radical (unpaired) electrons. The zero-order valence-electron chi connectivity index (χ0n) is 12.4. The van der Waals surface area contributed by atoms with Gasteiger partial charge in [-0.2, -0.15) is 0 Å². The van der Waals surface area contributed by atoms with E-state index in [2.05, 4.69) is 19.9 Å². The van der Waals surface area contributed by atoms with Crippen molar-refractivity contribution in [3.05, 3.63) is 50.7 Å². The topological polar surface area (TPSA) is 96.0 Å². The number of pyridine rings is 1. The fourth-order valence-electron chi connectivity index (χ4n) is 2.54. The van der Waals surface area contributed by atoms with E-state index in [1.54, 1.807) is 12.4 Å². The summed E-state index contributed by atoms with van der Waals surface area (Å²) in [6.07, 6.45) is 4.80. The van der Waals surface area contributed by atoms with Gasteiger partial charge in [0.2, 0.25) is 15.0 Å². The van der Waals surface area contributed by atoms with Crippen LogP contribution in [0.2, 0.25) is 5.02 Å². The molecule has 0 bridgehead atoms. The number of hydrogen-bond donors (Lipinski definition) is 1. The average molecular weight is 355 g/mol. The van der Waals surface area contributed by atoms with Crippen LogP contribution in [-0.4, -0.2) is 41.1 Å². The van der Waals surface area contributed by atoms with Gasteiger partial charge >= 0.3 is 0 Å². The Morgan fingerprint density at radius 1 is 1.43 bits per heavy atom. The van der Waals surface area contributed by atoms with E-state index in [-0.39, 0.29) is 5.16 Å². The van der Waals surface area contributed by atoms with Crippen LogP contribution in [0.4, 0.5) is 0 Å². The molecule has 0 aliphatic carbocycles. The van der Waals surface area contributed by atoms with Gasteiger partial charge in [-0.3, -0.25) is 19.7 Å². The molecule has 122 valence electrons. The van der Waals surface area contributed by atoms with Crippen molar-refractivity contribution in [2.24, 2.45) is 0 Å². The van der Waals surface area contributed by atoms with Gasteiger partial charge in [0.25, 0.3) is 5.56 Å². The first kappa shape index (κ1) is 16.1. The zero-order chi connectivity index (χ0) is 16.6. The van der Waals surface area contributed by atoms with Crippen LogP contribution in [0, 0.1) is 0 Å². The highest BCUT2D eigenvalue weighted by Crippen LogP contribution is 2.20. The molecule has 2 aromatic heterocycles.